The molecule has 0 radical (unpaired) electrons. The normalized spacial score (nSPS) is 22.1. The van der Waals surface area contributed by atoms with Crippen LogP contribution in [-0.2, 0) is 11.4 Å². The first kappa shape index (κ1) is 22.8. The van der Waals surface area contributed by atoms with Crippen molar-refractivity contribution in [1.82, 2.24) is 9.80 Å². The van der Waals surface area contributed by atoms with Gasteiger partial charge in [0.1, 0.15) is 17.4 Å². The Morgan fingerprint density at radius 3 is 2.51 bits per heavy atom. The first-order chi connectivity index (χ1) is 17.0. The molecule has 0 unspecified atom stereocenters. The molecule has 6 rings (SSSR count). The largest absolute Gasteiger partial charge is 0.494 e. The van der Waals surface area contributed by atoms with Crippen LogP contribution in [0.5, 0.6) is 5.75 Å². The van der Waals surface area contributed by atoms with E-state index in [1.54, 1.807) is 12.1 Å². The second kappa shape index (κ2) is 9.12. The molecule has 3 fully saturated rings. The van der Waals surface area contributed by atoms with E-state index in [9.17, 15) is 4.39 Å². The summed E-state index contributed by atoms with van der Waals surface area (Å²) >= 11 is 0. The summed E-state index contributed by atoms with van der Waals surface area (Å²) in [5, 5.41) is 4.51. The molecule has 0 N–H and O–H groups in total. The third kappa shape index (κ3) is 4.65. The predicted molar refractivity (Wildman–Crippen MR) is 136 cm³/mol. The molecule has 186 valence electrons. The maximum Gasteiger partial charge on any atom is 0.170 e. The van der Waals surface area contributed by atoms with Crippen molar-refractivity contribution in [3.63, 3.8) is 0 Å². The number of ether oxygens (including phenoxy) is 1. The first-order valence-corrected chi connectivity index (χ1v) is 13.3. The molecule has 6 heteroatoms. The molecule has 1 saturated carbocycles. The zero-order valence-corrected chi connectivity index (χ0v) is 20.9. The molecule has 2 aromatic rings. The van der Waals surface area contributed by atoms with Gasteiger partial charge in [-0.05, 0) is 85.4 Å². The zero-order chi connectivity index (χ0) is 24.0. The molecule has 0 atom stereocenters. The standard InChI is InChI=1S/C29H36FN3O2/c1-3-34-27-15-26(22-6-8-24(30)9-7-22)25(21-4-5-21)14-23(27)17-32-18-29(19-32)16-28(31-35-29)33-12-10-20(2)11-13-33/h6-9,14-15,20-21H,3-5,10-13,16-19H2,1-2H3. The molecule has 1 aliphatic carbocycles. The molecule has 3 aliphatic heterocycles. The highest BCUT2D eigenvalue weighted by Gasteiger charge is 2.50. The van der Waals surface area contributed by atoms with Crippen LogP contribution in [0.2, 0.25) is 0 Å². The Labute approximate surface area is 207 Å². The van der Waals surface area contributed by atoms with Crippen molar-refractivity contribution in [1.29, 1.82) is 0 Å². The molecular weight excluding hydrogens is 441 g/mol. The van der Waals surface area contributed by atoms with Crippen molar-refractivity contribution in [2.24, 2.45) is 11.1 Å². The van der Waals surface area contributed by atoms with E-state index in [-0.39, 0.29) is 11.4 Å². The van der Waals surface area contributed by atoms with Crippen LogP contribution in [-0.4, -0.2) is 54.0 Å². The van der Waals surface area contributed by atoms with Gasteiger partial charge in [0.15, 0.2) is 5.60 Å². The minimum atomic E-state index is -0.203. The summed E-state index contributed by atoms with van der Waals surface area (Å²) < 4.78 is 19.7. The molecule has 2 saturated heterocycles. The van der Waals surface area contributed by atoms with Crippen molar-refractivity contribution in [2.75, 3.05) is 32.8 Å². The Bertz CT molecular complexity index is 1100. The number of piperidine rings is 1. The molecule has 35 heavy (non-hydrogen) atoms. The Morgan fingerprint density at radius 2 is 1.83 bits per heavy atom. The van der Waals surface area contributed by atoms with E-state index in [0.717, 1.165) is 62.2 Å². The monoisotopic (exact) mass is 477 g/mol. The second-order valence-electron chi connectivity index (χ2n) is 11.0. The number of benzene rings is 2. The van der Waals surface area contributed by atoms with Crippen LogP contribution in [0.15, 0.2) is 41.6 Å². The molecule has 3 heterocycles. The Morgan fingerprint density at radius 1 is 1.09 bits per heavy atom. The number of hydrogen-bond donors (Lipinski definition) is 0. The fourth-order valence-electron chi connectivity index (χ4n) is 5.90. The quantitative estimate of drug-likeness (QED) is 0.528. The average Bonchev–Trinajstić information content (AvgIpc) is 3.59. The van der Waals surface area contributed by atoms with Gasteiger partial charge in [-0.25, -0.2) is 4.39 Å². The van der Waals surface area contributed by atoms with E-state index in [1.807, 2.05) is 19.1 Å². The Hall–Kier alpha value is -2.60. The SMILES string of the molecule is CCOc1cc(-c2ccc(F)cc2)c(C2CC2)cc1CN1CC2(CC(N3CCC(C)CC3)=NO2)C1. The van der Waals surface area contributed by atoms with E-state index in [0.29, 0.717) is 12.5 Å². The van der Waals surface area contributed by atoms with Crippen LogP contribution in [0.25, 0.3) is 11.1 Å². The van der Waals surface area contributed by atoms with Crippen molar-refractivity contribution in [3.05, 3.63) is 53.3 Å². The Balaban J connectivity index is 1.16. The summed E-state index contributed by atoms with van der Waals surface area (Å²) in [6, 6.07) is 11.4. The van der Waals surface area contributed by atoms with Gasteiger partial charge >= 0.3 is 0 Å². The predicted octanol–water partition coefficient (Wildman–Crippen LogP) is 5.79. The number of oxime groups is 1. The van der Waals surface area contributed by atoms with E-state index in [4.69, 9.17) is 9.57 Å². The number of likely N-dealkylation sites (tertiary alicyclic amines) is 2. The summed E-state index contributed by atoms with van der Waals surface area (Å²) in [6.45, 7) is 9.84. The van der Waals surface area contributed by atoms with Crippen molar-refractivity contribution in [2.45, 2.75) is 64.0 Å². The zero-order valence-electron chi connectivity index (χ0n) is 20.9. The van der Waals surface area contributed by atoms with Gasteiger partial charge in [0.2, 0.25) is 0 Å². The van der Waals surface area contributed by atoms with E-state index in [2.05, 4.69) is 34.0 Å². The van der Waals surface area contributed by atoms with Gasteiger partial charge in [0.05, 0.1) is 13.0 Å². The first-order valence-electron chi connectivity index (χ1n) is 13.3. The Kier molecular flexibility index (Phi) is 5.95. The number of halogens is 1. The number of rotatable bonds is 6. The minimum absolute atomic E-state index is 0.155. The molecule has 5 nitrogen and oxygen atoms in total. The smallest absolute Gasteiger partial charge is 0.170 e. The molecule has 0 bridgehead atoms. The van der Waals surface area contributed by atoms with Gasteiger partial charge in [-0.2, -0.15) is 0 Å². The molecule has 2 aromatic carbocycles. The number of nitrogens with zero attached hydrogens (tertiary/aromatic N) is 3. The van der Waals surface area contributed by atoms with Gasteiger partial charge < -0.3 is 14.5 Å². The van der Waals surface area contributed by atoms with Crippen LogP contribution >= 0.6 is 0 Å². The molecule has 0 amide bonds. The van der Waals surface area contributed by atoms with Crippen LogP contribution < -0.4 is 4.74 Å². The maximum atomic E-state index is 13.5. The van der Waals surface area contributed by atoms with Gasteiger partial charge in [0.25, 0.3) is 0 Å². The number of amidine groups is 1. The highest BCUT2D eigenvalue weighted by atomic mass is 19.1. The van der Waals surface area contributed by atoms with Crippen molar-refractivity contribution >= 4 is 5.84 Å². The van der Waals surface area contributed by atoms with Crippen molar-refractivity contribution in [3.8, 4) is 16.9 Å². The molecule has 4 aliphatic rings. The van der Waals surface area contributed by atoms with Crippen molar-refractivity contribution < 1.29 is 14.0 Å². The third-order valence-corrected chi connectivity index (χ3v) is 8.10. The van der Waals surface area contributed by atoms with E-state index in [1.165, 1.54) is 42.4 Å². The summed E-state index contributed by atoms with van der Waals surface area (Å²) in [4.78, 5) is 10.9. The van der Waals surface area contributed by atoms with Crippen LogP contribution in [0.3, 0.4) is 0 Å². The fraction of sp³-hybridized carbons (Fsp3) is 0.552. The topological polar surface area (TPSA) is 37.3 Å². The highest BCUT2D eigenvalue weighted by Crippen LogP contribution is 2.47. The lowest BCUT2D eigenvalue weighted by Crippen LogP contribution is -2.61. The third-order valence-electron chi connectivity index (χ3n) is 8.10. The summed E-state index contributed by atoms with van der Waals surface area (Å²) in [5.41, 5.74) is 4.68. The number of hydrogen-bond acceptors (Lipinski definition) is 5. The van der Waals surface area contributed by atoms with Gasteiger partial charge in [-0.1, -0.05) is 24.2 Å². The van der Waals surface area contributed by atoms with Gasteiger partial charge in [0, 0.05) is 38.3 Å². The van der Waals surface area contributed by atoms with Gasteiger partial charge in [-0.3, -0.25) is 4.90 Å². The van der Waals surface area contributed by atoms with E-state index < -0.39 is 0 Å². The molecular formula is C29H36FN3O2. The summed E-state index contributed by atoms with van der Waals surface area (Å²) in [6.07, 6.45) is 5.85. The second-order valence-corrected chi connectivity index (χ2v) is 11.0. The molecule has 1 spiro atoms. The fourth-order valence-corrected chi connectivity index (χ4v) is 5.90. The average molecular weight is 478 g/mol. The lowest BCUT2D eigenvalue weighted by atomic mass is 9.88. The highest BCUT2D eigenvalue weighted by molar-refractivity contribution is 5.84. The minimum Gasteiger partial charge on any atom is -0.494 e. The summed E-state index contributed by atoms with van der Waals surface area (Å²) in [5.74, 6) is 3.28. The van der Waals surface area contributed by atoms with Gasteiger partial charge in [-0.15, -0.1) is 0 Å². The van der Waals surface area contributed by atoms with Crippen LogP contribution in [0.4, 0.5) is 4.39 Å². The lowest BCUT2D eigenvalue weighted by Gasteiger charge is -2.45. The van der Waals surface area contributed by atoms with Crippen LogP contribution in [0, 0.1) is 11.7 Å². The van der Waals surface area contributed by atoms with E-state index >= 15 is 0 Å². The van der Waals surface area contributed by atoms with Crippen LogP contribution in [0.1, 0.15) is 63.0 Å². The lowest BCUT2D eigenvalue weighted by molar-refractivity contribution is -0.128. The summed E-state index contributed by atoms with van der Waals surface area (Å²) in [7, 11) is 0. The maximum absolute atomic E-state index is 13.5. The molecule has 0 aromatic heterocycles.